The van der Waals surface area contributed by atoms with Gasteiger partial charge in [0.1, 0.15) is 5.75 Å². The second kappa shape index (κ2) is 8.87. The van der Waals surface area contributed by atoms with E-state index in [2.05, 4.69) is 48.5 Å². The number of aryl methyl sites for hydroxylation is 1. The first-order valence-corrected chi connectivity index (χ1v) is 13.0. The summed E-state index contributed by atoms with van der Waals surface area (Å²) in [4.78, 5) is 16.4. The van der Waals surface area contributed by atoms with Crippen molar-refractivity contribution in [3.63, 3.8) is 0 Å². The summed E-state index contributed by atoms with van der Waals surface area (Å²) in [7, 11) is 1.72. The quantitative estimate of drug-likeness (QED) is 0.645. The number of carbonyl (C=O) groups is 1. The molecule has 0 spiro atoms. The Morgan fingerprint density at radius 1 is 1.21 bits per heavy atom. The summed E-state index contributed by atoms with van der Waals surface area (Å²) in [6.45, 7) is 14.7. The summed E-state index contributed by atoms with van der Waals surface area (Å²) >= 11 is 0. The number of nitrogens with zero attached hydrogens (tertiary/aromatic N) is 2. The summed E-state index contributed by atoms with van der Waals surface area (Å²) in [6.07, 6.45) is 4.75. The molecule has 1 N–H and O–H groups in total. The summed E-state index contributed by atoms with van der Waals surface area (Å²) < 4.78 is 13.5. The SMILES string of the molecule is COc1cccc2c(C(=O)NC3C4(C)CC[C@H](C4)C3(C)C)c(C)n(CCCN3CCOCC3)c12. The van der Waals surface area contributed by atoms with Crippen LogP contribution in [-0.2, 0) is 11.3 Å². The molecule has 3 atom stereocenters. The zero-order valence-corrected chi connectivity index (χ0v) is 21.6. The summed E-state index contributed by atoms with van der Waals surface area (Å²) in [6, 6.07) is 6.28. The maximum absolute atomic E-state index is 13.9. The third kappa shape index (κ3) is 3.83. The molecule has 2 bridgehead atoms. The van der Waals surface area contributed by atoms with Gasteiger partial charge in [0, 0.05) is 43.3 Å². The Labute approximate surface area is 204 Å². The van der Waals surface area contributed by atoms with Crippen LogP contribution >= 0.6 is 0 Å². The first-order chi connectivity index (χ1) is 16.3. The minimum atomic E-state index is 0.0644. The summed E-state index contributed by atoms with van der Waals surface area (Å²) in [5, 5.41) is 4.53. The molecule has 3 aliphatic rings. The Hall–Kier alpha value is -2.05. The van der Waals surface area contributed by atoms with Gasteiger partial charge in [-0.2, -0.15) is 0 Å². The van der Waals surface area contributed by atoms with E-state index in [4.69, 9.17) is 9.47 Å². The van der Waals surface area contributed by atoms with Gasteiger partial charge in [-0.3, -0.25) is 9.69 Å². The van der Waals surface area contributed by atoms with E-state index >= 15 is 0 Å². The maximum atomic E-state index is 13.9. The van der Waals surface area contributed by atoms with Gasteiger partial charge < -0.3 is 19.4 Å². The van der Waals surface area contributed by atoms with E-state index in [0.29, 0.717) is 5.92 Å². The van der Waals surface area contributed by atoms with Crippen LogP contribution < -0.4 is 10.1 Å². The molecule has 3 fully saturated rings. The fraction of sp³-hybridized carbons (Fsp3) is 0.679. The third-order valence-corrected chi connectivity index (χ3v) is 9.26. The molecule has 0 radical (unpaired) electrons. The molecule has 2 heterocycles. The van der Waals surface area contributed by atoms with E-state index in [1.54, 1.807) is 7.11 Å². The predicted molar refractivity (Wildman–Crippen MR) is 136 cm³/mol. The molecular weight excluding hydrogens is 426 g/mol. The number of ether oxygens (including phenoxy) is 2. The van der Waals surface area contributed by atoms with Crippen molar-refractivity contribution in [3.05, 3.63) is 29.5 Å². The first kappa shape index (κ1) is 23.7. The zero-order valence-electron chi connectivity index (χ0n) is 21.6. The van der Waals surface area contributed by atoms with Gasteiger partial charge in [0.25, 0.3) is 5.91 Å². The third-order valence-electron chi connectivity index (χ3n) is 9.26. The van der Waals surface area contributed by atoms with Gasteiger partial charge in [0.2, 0.25) is 0 Å². The average molecular weight is 468 g/mol. The highest BCUT2D eigenvalue weighted by Crippen LogP contribution is 2.62. The molecule has 2 aliphatic carbocycles. The minimum absolute atomic E-state index is 0.0644. The first-order valence-electron chi connectivity index (χ1n) is 13.0. The van der Waals surface area contributed by atoms with Crippen LogP contribution in [-0.4, -0.2) is 61.4 Å². The number of nitrogens with one attached hydrogen (secondary N) is 1. The van der Waals surface area contributed by atoms with Gasteiger partial charge in [0.05, 0.1) is 31.4 Å². The van der Waals surface area contributed by atoms with Crippen molar-refractivity contribution in [1.29, 1.82) is 0 Å². The van der Waals surface area contributed by atoms with Gasteiger partial charge in [-0.25, -0.2) is 0 Å². The molecule has 2 unspecified atom stereocenters. The van der Waals surface area contributed by atoms with E-state index < -0.39 is 0 Å². The Balaban J connectivity index is 1.44. The summed E-state index contributed by atoms with van der Waals surface area (Å²) in [5.74, 6) is 1.60. The molecule has 186 valence electrons. The predicted octanol–water partition coefficient (Wildman–Crippen LogP) is 4.63. The Morgan fingerprint density at radius 2 is 1.97 bits per heavy atom. The number of hydrogen-bond donors (Lipinski definition) is 1. The van der Waals surface area contributed by atoms with Gasteiger partial charge >= 0.3 is 0 Å². The van der Waals surface area contributed by atoms with Crippen LogP contribution in [0.2, 0.25) is 0 Å². The molecule has 1 aromatic heterocycles. The van der Waals surface area contributed by atoms with Crippen LogP contribution in [0, 0.1) is 23.7 Å². The van der Waals surface area contributed by atoms with Crippen LogP contribution in [0.25, 0.3) is 10.9 Å². The number of rotatable bonds is 7. The summed E-state index contributed by atoms with van der Waals surface area (Å²) in [5.41, 5.74) is 3.21. The Morgan fingerprint density at radius 3 is 2.65 bits per heavy atom. The van der Waals surface area contributed by atoms with Gasteiger partial charge in [-0.05, 0) is 55.4 Å². The Kier molecular flexibility index (Phi) is 6.18. The molecule has 2 aromatic rings. The van der Waals surface area contributed by atoms with E-state index in [1.165, 1.54) is 19.3 Å². The fourth-order valence-electron chi connectivity index (χ4n) is 7.37. The fourth-order valence-corrected chi connectivity index (χ4v) is 7.37. The molecule has 6 nitrogen and oxygen atoms in total. The average Bonchev–Trinajstić information content (AvgIpc) is 3.41. The smallest absolute Gasteiger partial charge is 0.253 e. The second-order valence-corrected chi connectivity index (χ2v) is 11.6. The molecular formula is C28H41N3O3. The lowest BCUT2D eigenvalue weighted by atomic mass is 9.68. The molecule has 1 aromatic carbocycles. The number of methoxy groups -OCH3 is 1. The highest BCUT2D eigenvalue weighted by molar-refractivity contribution is 6.09. The van der Waals surface area contributed by atoms with Crippen molar-refractivity contribution in [2.75, 3.05) is 40.0 Å². The number of para-hydroxylation sites is 1. The Bertz CT molecular complexity index is 1060. The van der Waals surface area contributed by atoms with E-state index in [9.17, 15) is 4.79 Å². The van der Waals surface area contributed by atoms with E-state index in [1.807, 2.05) is 12.1 Å². The minimum Gasteiger partial charge on any atom is -0.495 e. The van der Waals surface area contributed by atoms with E-state index in [0.717, 1.165) is 73.7 Å². The number of fused-ring (bicyclic) bond motifs is 3. The normalized spacial score (nSPS) is 28.5. The largest absolute Gasteiger partial charge is 0.495 e. The number of carbonyl (C=O) groups excluding carboxylic acids is 1. The number of aromatic nitrogens is 1. The molecule has 6 heteroatoms. The van der Waals surface area contributed by atoms with Crippen molar-refractivity contribution >= 4 is 16.8 Å². The van der Waals surface area contributed by atoms with Crippen molar-refractivity contribution < 1.29 is 14.3 Å². The molecule has 1 aliphatic heterocycles. The number of benzene rings is 1. The number of hydrogen-bond acceptors (Lipinski definition) is 4. The van der Waals surface area contributed by atoms with Crippen molar-refractivity contribution in [2.24, 2.45) is 16.7 Å². The van der Waals surface area contributed by atoms with Crippen molar-refractivity contribution in [2.45, 2.75) is 66.0 Å². The van der Waals surface area contributed by atoms with Gasteiger partial charge in [-0.1, -0.05) is 32.9 Å². The van der Waals surface area contributed by atoms with Crippen LogP contribution in [0.4, 0.5) is 0 Å². The van der Waals surface area contributed by atoms with Crippen LogP contribution in [0.15, 0.2) is 18.2 Å². The van der Waals surface area contributed by atoms with Crippen molar-refractivity contribution in [1.82, 2.24) is 14.8 Å². The lowest BCUT2D eigenvalue weighted by molar-refractivity contribution is 0.0369. The van der Waals surface area contributed by atoms with Gasteiger partial charge in [-0.15, -0.1) is 0 Å². The van der Waals surface area contributed by atoms with Gasteiger partial charge in [0.15, 0.2) is 0 Å². The monoisotopic (exact) mass is 467 g/mol. The van der Waals surface area contributed by atoms with Crippen LogP contribution in [0.3, 0.4) is 0 Å². The number of amides is 1. The molecule has 5 rings (SSSR count). The number of morpholine rings is 1. The standard InChI is InChI=1S/C28H41N3O3/c1-19-23(25(32)29-26-27(2,3)20-10-11-28(26,4)18-20)21-8-6-9-22(33-5)24(21)31(19)13-7-12-30-14-16-34-17-15-30/h6,8-9,20,26H,7,10-18H2,1-5H3,(H,29,32)/t20-,26?,28?/m1/s1. The second-order valence-electron chi connectivity index (χ2n) is 11.6. The van der Waals surface area contributed by atoms with E-state index in [-0.39, 0.29) is 22.8 Å². The molecule has 2 saturated carbocycles. The van der Waals surface area contributed by atoms with Crippen LogP contribution in [0.5, 0.6) is 5.75 Å². The molecule has 1 amide bonds. The lowest BCUT2D eigenvalue weighted by Crippen LogP contribution is -2.52. The molecule has 34 heavy (non-hydrogen) atoms. The lowest BCUT2D eigenvalue weighted by Gasteiger charge is -2.43. The topological polar surface area (TPSA) is 55.7 Å². The molecule has 1 saturated heterocycles. The van der Waals surface area contributed by atoms with Crippen molar-refractivity contribution in [3.8, 4) is 5.75 Å². The highest BCUT2D eigenvalue weighted by atomic mass is 16.5. The highest BCUT2D eigenvalue weighted by Gasteiger charge is 2.59. The van der Waals surface area contributed by atoms with Crippen LogP contribution in [0.1, 0.15) is 62.5 Å². The maximum Gasteiger partial charge on any atom is 0.253 e. The zero-order chi connectivity index (χ0) is 24.1.